The molecule has 48 heavy (non-hydrogen) atoms. The number of aromatic nitrogens is 2. The van der Waals surface area contributed by atoms with E-state index in [0.29, 0.717) is 42.2 Å². The first-order chi connectivity index (χ1) is 23.1. The van der Waals surface area contributed by atoms with Crippen LogP contribution in [0.1, 0.15) is 29.9 Å². The van der Waals surface area contributed by atoms with Gasteiger partial charge in [0.2, 0.25) is 5.91 Å². The Bertz CT molecular complexity index is 1930. The standard InChI is InChI=1S/C34H36ClN5O7S/c1-23-36-19-29-20-39(34(43)40(23)29)28-11-13-38(14-12-28)32(41)31(37-33(42)47-16-15-46-21-24-5-3-2-4-6-24)22-48(44,45)30-10-8-25-17-27(35)9-7-26(25)18-30/h2-10,17-19,28,31H,11-16,20-22H2,1H3,(H,37,42)/t31-/m1/s1. The molecule has 3 heterocycles. The molecule has 2 aliphatic heterocycles. The molecule has 2 aliphatic rings. The van der Waals surface area contributed by atoms with Crippen molar-refractivity contribution >= 4 is 50.2 Å². The zero-order valence-electron chi connectivity index (χ0n) is 26.4. The summed E-state index contributed by atoms with van der Waals surface area (Å²) in [6.45, 7) is 3.16. The molecule has 0 radical (unpaired) electrons. The fraction of sp³-hybridized carbons (Fsp3) is 0.353. The van der Waals surface area contributed by atoms with Crippen molar-refractivity contribution in [3.8, 4) is 0 Å². The molecule has 0 spiro atoms. The van der Waals surface area contributed by atoms with Crippen LogP contribution in [0.25, 0.3) is 10.8 Å². The zero-order valence-corrected chi connectivity index (χ0v) is 28.0. The number of hydrogen-bond acceptors (Lipinski definition) is 8. The van der Waals surface area contributed by atoms with E-state index in [1.807, 2.05) is 30.3 Å². The Morgan fingerprint density at radius 3 is 2.50 bits per heavy atom. The number of carbonyl (C=O) groups is 3. The Hall–Kier alpha value is -4.46. The molecule has 0 bridgehead atoms. The quantitative estimate of drug-likeness (QED) is 0.226. The maximum atomic E-state index is 13.9. The first kappa shape index (κ1) is 33.4. The van der Waals surface area contributed by atoms with Gasteiger partial charge in [0.1, 0.15) is 18.5 Å². The normalized spacial score (nSPS) is 15.8. The zero-order chi connectivity index (χ0) is 33.8. The predicted octanol–water partition coefficient (Wildman–Crippen LogP) is 4.56. The number of piperidine rings is 1. The lowest BCUT2D eigenvalue weighted by molar-refractivity contribution is -0.134. The van der Waals surface area contributed by atoms with Crippen LogP contribution in [-0.4, -0.2) is 89.9 Å². The van der Waals surface area contributed by atoms with E-state index >= 15 is 0 Å². The fourth-order valence-corrected chi connectivity index (χ4v) is 7.78. The Morgan fingerprint density at radius 2 is 1.75 bits per heavy atom. The van der Waals surface area contributed by atoms with E-state index in [2.05, 4.69) is 10.3 Å². The highest BCUT2D eigenvalue weighted by molar-refractivity contribution is 7.91. The lowest BCUT2D eigenvalue weighted by Crippen LogP contribution is -2.55. The minimum atomic E-state index is -4.05. The number of hydrogen-bond donors (Lipinski definition) is 1. The minimum absolute atomic E-state index is 0.0135. The molecule has 252 valence electrons. The molecule has 12 nitrogen and oxygen atoms in total. The van der Waals surface area contributed by atoms with Gasteiger partial charge in [-0.25, -0.2) is 23.0 Å². The summed E-state index contributed by atoms with van der Waals surface area (Å²) in [6, 6.07) is 17.6. The fourth-order valence-electron chi connectivity index (χ4n) is 6.16. The third-order valence-corrected chi connectivity index (χ3v) is 10.7. The van der Waals surface area contributed by atoms with E-state index in [1.54, 1.807) is 46.9 Å². The molecule has 0 aliphatic carbocycles. The van der Waals surface area contributed by atoms with Gasteiger partial charge in [-0.2, -0.15) is 0 Å². The van der Waals surface area contributed by atoms with Gasteiger partial charge < -0.3 is 24.6 Å². The summed E-state index contributed by atoms with van der Waals surface area (Å²) in [5, 5.41) is 4.46. The van der Waals surface area contributed by atoms with Crippen LogP contribution < -0.4 is 5.32 Å². The molecular weight excluding hydrogens is 658 g/mol. The van der Waals surface area contributed by atoms with Crippen molar-refractivity contribution in [1.29, 1.82) is 0 Å². The Kier molecular flexibility index (Phi) is 9.99. The summed E-state index contributed by atoms with van der Waals surface area (Å²) in [4.78, 5) is 47.3. The smallest absolute Gasteiger partial charge is 0.407 e. The van der Waals surface area contributed by atoms with Gasteiger partial charge in [-0.1, -0.05) is 54.1 Å². The van der Waals surface area contributed by atoms with Gasteiger partial charge >= 0.3 is 12.1 Å². The van der Waals surface area contributed by atoms with E-state index in [4.69, 9.17) is 21.1 Å². The summed E-state index contributed by atoms with van der Waals surface area (Å²) < 4.78 is 39.8. The summed E-state index contributed by atoms with van der Waals surface area (Å²) in [7, 11) is -4.05. The third-order valence-electron chi connectivity index (χ3n) is 8.68. The molecule has 3 aromatic carbocycles. The van der Waals surface area contributed by atoms with Gasteiger partial charge in [-0.3, -0.25) is 9.36 Å². The summed E-state index contributed by atoms with van der Waals surface area (Å²) in [6.07, 6.45) is 1.78. The number of ether oxygens (including phenoxy) is 2. The SMILES string of the molecule is Cc1ncc2n1C(=O)N(C1CCN(C(=O)[C@@H](CS(=O)(=O)c3ccc4cc(Cl)ccc4c3)NC(=O)OCCOCc3ccccc3)CC1)C2. The van der Waals surface area contributed by atoms with Crippen molar-refractivity contribution < 1.29 is 32.3 Å². The molecule has 0 unspecified atom stereocenters. The highest BCUT2D eigenvalue weighted by atomic mass is 35.5. The number of likely N-dealkylation sites (tertiary alicyclic amines) is 1. The number of imidazole rings is 1. The number of benzene rings is 3. The van der Waals surface area contributed by atoms with Crippen LogP contribution in [0.15, 0.2) is 77.8 Å². The van der Waals surface area contributed by atoms with Gasteiger partial charge in [0, 0.05) is 24.2 Å². The minimum Gasteiger partial charge on any atom is -0.447 e. The summed E-state index contributed by atoms with van der Waals surface area (Å²) >= 11 is 6.09. The van der Waals surface area contributed by atoms with E-state index in [9.17, 15) is 22.8 Å². The van der Waals surface area contributed by atoms with Crippen LogP contribution in [-0.2, 0) is 37.3 Å². The first-order valence-electron chi connectivity index (χ1n) is 15.7. The maximum absolute atomic E-state index is 13.9. The first-order valence-corrected chi connectivity index (χ1v) is 17.7. The number of nitrogens with zero attached hydrogens (tertiary/aromatic N) is 4. The molecule has 1 saturated heterocycles. The van der Waals surface area contributed by atoms with Gasteiger partial charge in [0.05, 0.1) is 42.3 Å². The van der Waals surface area contributed by atoms with Crippen LogP contribution in [0, 0.1) is 6.92 Å². The Morgan fingerprint density at radius 1 is 1.02 bits per heavy atom. The lowest BCUT2D eigenvalue weighted by Gasteiger charge is -2.37. The van der Waals surface area contributed by atoms with Crippen LogP contribution in [0.2, 0.25) is 5.02 Å². The van der Waals surface area contributed by atoms with Crippen molar-refractivity contribution in [3.05, 3.63) is 95.0 Å². The van der Waals surface area contributed by atoms with Crippen LogP contribution in [0.3, 0.4) is 0 Å². The van der Waals surface area contributed by atoms with Crippen LogP contribution >= 0.6 is 11.6 Å². The second-order valence-electron chi connectivity index (χ2n) is 11.9. The molecule has 14 heteroatoms. The second-order valence-corrected chi connectivity index (χ2v) is 14.4. The molecule has 1 aromatic heterocycles. The number of alkyl carbamates (subject to hydrolysis) is 1. The van der Waals surface area contributed by atoms with Gasteiger partial charge in [-0.05, 0) is 60.4 Å². The van der Waals surface area contributed by atoms with Gasteiger partial charge in [0.15, 0.2) is 9.84 Å². The topological polar surface area (TPSA) is 140 Å². The summed E-state index contributed by atoms with van der Waals surface area (Å²) in [5.74, 6) is -0.581. The van der Waals surface area contributed by atoms with Gasteiger partial charge in [0.25, 0.3) is 0 Å². The van der Waals surface area contributed by atoms with Crippen LogP contribution in [0.5, 0.6) is 0 Å². The van der Waals surface area contributed by atoms with E-state index in [1.165, 1.54) is 17.0 Å². The molecule has 3 amide bonds. The second kappa shape index (κ2) is 14.3. The van der Waals surface area contributed by atoms with Crippen molar-refractivity contribution in [2.24, 2.45) is 0 Å². The van der Waals surface area contributed by atoms with E-state index in [0.717, 1.165) is 16.6 Å². The predicted molar refractivity (Wildman–Crippen MR) is 178 cm³/mol. The third kappa shape index (κ3) is 7.48. The number of aryl methyl sites for hydroxylation is 1. The number of rotatable bonds is 11. The molecule has 1 N–H and O–H groups in total. The molecular formula is C34H36ClN5O7S. The number of amides is 3. The number of sulfone groups is 1. The largest absolute Gasteiger partial charge is 0.447 e. The van der Waals surface area contributed by atoms with Crippen molar-refractivity contribution in [2.75, 3.05) is 32.1 Å². The summed E-state index contributed by atoms with van der Waals surface area (Å²) in [5.41, 5.74) is 1.79. The maximum Gasteiger partial charge on any atom is 0.407 e. The Labute approximate surface area is 283 Å². The molecule has 4 aromatic rings. The van der Waals surface area contributed by atoms with Crippen molar-refractivity contribution in [3.63, 3.8) is 0 Å². The molecule has 0 saturated carbocycles. The number of nitrogens with one attached hydrogen (secondary N) is 1. The highest BCUT2D eigenvalue weighted by Crippen LogP contribution is 2.27. The average Bonchev–Trinajstić information content (AvgIpc) is 3.62. The average molecular weight is 694 g/mol. The van der Waals surface area contributed by atoms with Crippen molar-refractivity contribution in [1.82, 2.24) is 24.7 Å². The van der Waals surface area contributed by atoms with E-state index in [-0.39, 0.29) is 43.3 Å². The highest BCUT2D eigenvalue weighted by Gasteiger charge is 2.38. The Balaban J connectivity index is 1.11. The molecule has 6 rings (SSSR count). The number of fused-ring (bicyclic) bond motifs is 2. The van der Waals surface area contributed by atoms with E-state index < -0.39 is 33.6 Å². The molecule has 1 atom stereocenters. The molecule has 1 fully saturated rings. The van der Waals surface area contributed by atoms with Crippen LogP contribution in [0.4, 0.5) is 9.59 Å². The number of carbonyl (C=O) groups excluding carboxylic acids is 3. The van der Waals surface area contributed by atoms with Gasteiger partial charge in [-0.15, -0.1) is 0 Å². The lowest BCUT2D eigenvalue weighted by atomic mass is 10.0. The monoisotopic (exact) mass is 693 g/mol. The van der Waals surface area contributed by atoms with Crippen molar-refractivity contribution in [2.45, 2.75) is 49.9 Å². The number of halogens is 1.